The fraction of sp³-hybridized carbons (Fsp3) is 0.435. The Morgan fingerprint density at radius 1 is 1.24 bits per heavy atom. The third-order valence-corrected chi connectivity index (χ3v) is 9.12. The van der Waals surface area contributed by atoms with Crippen LogP contribution in [0.1, 0.15) is 36.1 Å². The molecule has 1 fully saturated rings. The molecule has 3 heterocycles. The average molecular weight is 489 g/mol. The molecule has 1 amide bonds. The molecular weight excluding hydrogens is 460 g/mol. The molecule has 1 aliphatic heterocycles. The Morgan fingerprint density at radius 2 is 1.94 bits per heavy atom. The fourth-order valence-corrected chi connectivity index (χ4v) is 7.01. The van der Waals surface area contributed by atoms with Crippen LogP contribution in [0.2, 0.25) is 0 Å². The number of thiophene rings is 1. The summed E-state index contributed by atoms with van der Waals surface area (Å²) in [5.74, 6) is 0.821. The van der Waals surface area contributed by atoms with Gasteiger partial charge in [0.2, 0.25) is 27.6 Å². The lowest BCUT2D eigenvalue weighted by Crippen LogP contribution is -2.43. The quantitative estimate of drug-likeness (QED) is 0.503. The summed E-state index contributed by atoms with van der Waals surface area (Å²) >= 11 is 1.34. The monoisotopic (exact) mass is 488 g/mol. The molecule has 0 unspecified atom stereocenters. The Bertz CT molecular complexity index is 1210. The van der Waals surface area contributed by atoms with Crippen LogP contribution in [0.4, 0.5) is 0 Å². The molecule has 4 rings (SSSR count). The van der Waals surface area contributed by atoms with Gasteiger partial charge in [-0.1, -0.05) is 42.4 Å². The lowest BCUT2D eigenvalue weighted by Gasteiger charge is -2.32. The zero-order valence-electron chi connectivity index (χ0n) is 19.0. The normalized spacial score (nSPS) is 15.6. The van der Waals surface area contributed by atoms with Gasteiger partial charge in [0.05, 0.1) is 9.77 Å². The summed E-state index contributed by atoms with van der Waals surface area (Å²) in [6.07, 6.45) is 1.65. The van der Waals surface area contributed by atoms with E-state index in [1.807, 2.05) is 37.3 Å². The summed E-state index contributed by atoms with van der Waals surface area (Å²) in [6, 6.07) is 11.5. The van der Waals surface area contributed by atoms with E-state index in [4.69, 9.17) is 4.52 Å². The maximum absolute atomic E-state index is 13.3. The van der Waals surface area contributed by atoms with Gasteiger partial charge in [0, 0.05) is 43.9 Å². The van der Waals surface area contributed by atoms with Crippen molar-refractivity contribution in [2.24, 2.45) is 5.92 Å². The number of amides is 1. The van der Waals surface area contributed by atoms with Gasteiger partial charge in [0.1, 0.15) is 0 Å². The van der Waals surface area contributed by atoms with E-state index in [0.717, 1.165) is 5.56 Å². The molecule has 0 N–H and O–H groups in total. The van der Waals surface area contributed by atoms with Crippen molar-refractivity contribution in [2.45, 2.75) is 44.6 Å². The van der Waals surface area contributed by atoms with E-state index in [2.05, 4.69) is 10.1 Å². The van der Waals surface area contributed by atoms with Gasteiger partial charge >= 0.3 is 0 Å². The van der Waals surface area contributed by atoms with Gasteiger partial charge in [-0.25, -0.2) is 8.42 Å². The number of rotatable bonds is 7. The standard InChI is InChI=1S/C23H28N4O4S2/c1-4-21-24-22(25-31-21)19-14-20(16(2)32-19)33(29,30)27-12-10-18(11-13-27)23(28)26(3)15-17-8-6-5-7-9-17/h5-9,14,18H,4,10-13,15H2,1-3H3. The second-order valence-electron chi connectivity index (χ2n) is 8.25. The van der Waals surface area contributed by atoms with Crippen molar-refractivity contribution in [3.8, 4) is 10.7 Å². The zero-order valence-corrected chi connectivity index (χ0v) is 20.7. The van der Waals surface area contributed by atoms with E-state index in [-0.39, 0.29) is 16.7 Å². The molecule has 0 saturated carbocycles. The maximum Gasteiger partial charge on any atom is 0.244 e. The number of hydrogen-bond donors (Lipinski definition) is 0. The van der Waals surface area contributed by atoms with Crippen LogP contribution in [0, 0.1) is 12.8 Å². The van der Waals surface area contributed by atoms with Crippen molar-refractivity contribution in [1.82, 2.24) is 19.3 Å². The Hall–Kier alpha value is -2.56. The van der Waals surface area contributed by atoms with Crippen molar-refractivity contribution in [1.29, 1.82) is 0 Å². The van der Waals surface area contributed by atoms with Crippen molar-refractivity contribution in [2.75, 3.05) is 20.1 Å². The lowest BCUT2D eigenvalue weighted by molar-refractivity contribution is -0.135. The molecule has 2 aromatic heterocycles. The highest BCUT2D eigenvalue weighted by molar-refractivity contribution is 7.89. The van der Waals surface area contributed by atoms with Crippen LogP contribution in [0.25, 0.3) is 10.7 Å². The van der Waals surface area contributed by atoms with Gasteiger partial charge in [-0.3, -0.25) is 4.79 Å². The topological polar surface area (TPSA) is 96.6 Å². The summed E-state index contributed by atoms with van der Waals surface area (Å²) in [7, 11) is -1.86. The number of aryl methyl sites for hydroxylation is 2. The Balaban J connectivity index is 1.41. The number of carbonyl (C=O) groups is 1. The highest BCUT2D eigenvalue weighted by atomic mass is 32.2. The number of carbonyl (C=O) groups excluding carboxylic acids is 1. The molecule has 1 aromatic carbocycles. The first-order valence-electron chi connectivity index (χ1n) is 11.0. The van der Waals surface area contributed by atoms with Crippen LogP contribution in [0.5, 0.6) is 0 Å². The van der Waals surface area contributed by atoms with E-state index >= 15 is 0 Å². The predicted molar refractivity (Wildman–Crippen MR) is 126 cm³/mol. The van der Waals surface area contributed by atoms with Crippen molar-refractivity contribution in [3.63, 3.8) is 0 Å². The minimum atomic E-state index is -3.66. The Labute approximate surface area is 198 Å². The third-order valence-electron chi connectivity index (χ3n) is 5.92. The minimum Gasteiger partial charge on any atom is -0.341 e. The van der Waals surface area contributed by atoms with Gasteiger partial charge in [0.25, 0.3) is 0 Å². The summed E-state index contributed by atoms with van der Waals surface area (Å²) < 4.78 is 33.3. The van der Waals surface area contributed by atoms with Crippen LogP contribution in [0.3, 0.4) is 0 Å². The summed E-state index contributed by atoms with van der Waals surface area (Å²) in [6.45, 7) is 4.90. The molecule has 0 aliphatic carbocycles. The van der Waals surface area contributed by atoms with Crippen molar-refractivity contribution < 1.29 is 17.7 Å². The van der Waals surface area contributed by atoms with Crippen LogP contribution < -0.4 is 0 Å². The lowest BCUT2D eigenvalue weighted by atomic mass is 9.96. The number of piperidine rings is 1. The van der Waals surface area contributed by atoms with Gasteiger partial charge in [-0.05, 0) is 31.4 Å². The largest absolute Gasteiger partial charge is 0.341 e. The smallest absolute Gasteiger partial charge is 0.244 e. The molecule has 176 valence electrons. The third kappa shape index (κ3) is 5.02. The van der Waals surface area contributed by atoms with Crippen molar-refractivity contribution >= 4 is 27.3 Å². The minimum absolute atomic E-state index is 0.0636. The second kappa shape index (κ2) is 9.74. The van der Waals surface area contributed by atoms with Crippen LogP contribution in [-0.4, -0.2) is 53.8 Å². The summed E-state index contributed by atoms with van der Waals surface area (Å²) in [4.78, 5) is 20.6. The number of benzene rings is 1. The number of nitrogens with zero attached hydrogens (tertiary/aromatic N) is 4. The van der Waals surface area contributed by atoms with E-state index in [1.165, 1.54) is 15.6 Å². The molecule has 0 radical (unpaired) electrons. The number of sulfonamides is 1. The van der Waals surface area contributed by atoms with Crippen LogP contribution >= 0.6 is 11.3 Å². The van der Waals surface area contributed by atoms with E-state index in [1.54, 1.807) is 24.9 Å². The molecule has 10 heteroatoms. The number of hydrogen-bond acceptors (Lipinski definition) is 7. The van der Waals surface area contributed by atoms with E-state index < -0.39 is 10.0 Å². The average Bonchev–Trinajstić information content (AvgIpc) is 3.46. The van der Waals surface area contributed by atoms with Crippen molar-refractivity contribution in [3.05, 3.63) is 52.7 Å². The second-order valence-corrected chi connectivity index (χ2v) is 11.4. The van der Waals surface area contributed by atoms with Gasteiger partial charge in [0.15, 0.2) is 0 Å². The Kier molecular flexibility index (Phi) is 6.96. The fourth-order valence-electron chi connectivity index (χ4n) is 4.06. The van der Waals surface area contributed by atoms with Gasteiger partial charge in [-0.15, -0.1) is 11.3 Å². The van der Waals surface area contributed by atoms with Crippen LogP contribution in [0.15, 0.2) is 45.8 Å². The first-order valence-corrected chi connectivity index (χ1v) is 13.3. The first kappa shape index (κ1) is 23.6. The SMILES string of the molecule is CCc1nc(-c2cc(S(=O)(=O)N3CCC(C(=O)N(C)Cc4ccccc4)CC3)c(C)s2)no1. The molecular formula is C23H28N4O4S2. The summed E-state index contributed by atoms with van der Waals surface area (Å²) in [5, 5.41) is 3.96. The molecule has 0 spiro atoms. The van der Waals surface area contributed by atoms with Gasteiger partial charge < -0.3 is 9.42 Å². The molecule has 0 bridgehead atoms. The maximum atomic E-state index is 13.3. The molecule has 3 aromatic rings. The number of aromatic nitrogens is 2. The van der Waals surface area contributed by atoms with E-state index in [9.17, 15) is 13.2 Å². The molecule has 33 heavy (non-hydrogen) atoms. The summed E-state index contributed by atoms with van der Waals surface area (Å²) in [5.41, 5.74) is 1.07. The molecule has 1 aliphatic rings. The van der Waals surface area contributed by atoms with E-state index in [0.29, 0.717) is 60.4 Å². The predicted octanol–water partition coefficient (Wildman–Crippen LogP) is 3.73. The molecule has 0 atom stereocenters. The Morgan fingerprint density at radius 3 is 2.58 bits per heavy atom. The molecule has 1 saturated heterocycles. The van der Waals surface area contributed by atoms with Gasteiger partial charge in [-0.2, -0.15) is 9.29 Å². The highest BCUT2D eigenvalue weighted by Crippen LogP contribution is 2.35. The first-order chi connectivity index (χ1) is 15.8. The zero-order chi connectivity index (χ0) is 23.6. The van der Waals surface area contributed by atoms with Crippen LogP contribution in [-0.2, 0) is 27.8 Å². The molecule has 8 nitrogen and oxygen atoms in total. The highest BCUT2D eigenvalue weighted by Gasteiger charge is 2.34.